The minimum Gasteiger partial charge on any atom is -0.466 e. The number of halogens is 1. The molecule has 0 unspecified atom stereocenters. The summed E-state index contributed by atoms with van der Waals surface area (Å²) in [5.74, 6) is -0.774. The Labute approximate surface area is 130 Å². The second-order valence-electron chi connectivity index (χ2n) is 4.64. The van der Waals surface area contributed by atoms with Crippen LogP contribution in [0.3, 0.4) is 0 Å². The van der Waals surface area contributed by atoms with E-state index < -0.39 is 5.95 Å². The standard InChI is InChI=1S/C16H13FN2O2S/c1-2-21-16(20)8-15-19-12-5-3-10(7-13(12)22-15)11-4-6-14(17)18-9-11/h3-7,9H,2,8H2,1H3. The number of carbonyl (C=O) groups excluding carboxylic acids is 1. The fourth-order valence-corrected chi connectivity index (χ4v) is 3.10. The third kappa shape index (κ3) is 3.12. The lowest BCUT2D eigenvalue weighted by Gasteiger charge is -2.00. The lowest BCUT2D eigenvalue weighted by atomic mass is 10.1. The quantitative estimate of drug-likeness (QED) is 0.545. The van der Waals surface area contributed by atoms with Gasteiger partial charge in [0.2, 0.25) is 5.95 Å². The summed E-state index contributed by atoms with van der Waals surface area (Å²) in [5.41, 5.74) is 2.61. The van der Waals surface area contributed by atoms with Gasteiger partial charge in [-0.15, -0.1) is 11.3 Å². The van der Waals surface area contributed by atoms with Crippen molar-refractivity contribution in [2.75, 3.05) is 6.61 Å². The van der Waals surface area contributed by atoms with Crippen molar-refractivity contribution < 1.29 is 13.9 Å². The zero-order valence-electron chi connectivity index (χ0n) is 11.9. The van der Waals surface area contributed by atoms with Crippen molar-refractivity contribution in [3.63, 3.8) is 0 Å². The van der Waals surface area contributed by atoms with Gasteiger partial charge < -0.3 is 4.74 Å². The summed E-state index contributed by atoms with van der Waals surface area (Å²) >= 11 is 1.46. The highest BCUT2D eigenvalue weighted by Gasteiger charge is 2.10. The minimum atomic E-state index is -0.501. The zero-order valence-corrected chi connectivity index (χ0v) is 12.7. The molecule has 3 aromatic rings. The van der Waals surface area contributed by atoms with Crippen molar-refractivity contribution in [2.45, 2.75) is 13.3 Å². The van der Waals surface area contributed by atoms with Crippen LogP contribution < -0.4 is 0 Å². The number of carbonyl (C=O) groups is 1. The van der Waals surface area contributed by atoms with E-state index in [2.05, 4.69) is 9.97 Å². The molecule has 0 fully saturated rings. The Bertz CT molecular complexity index is 815. The summed E-state index contributed by atoms with van der Waals surface area (Å²) in [4.78, 5) is 19.6. The normalized spacial score (nSPS) is 10.8. The predicted molar refractivity (Wildman–Crippen MR) is 83.1 cm³/mol. The number of hydrogen-bond donors (Lipinski definition) is 0. The Hall–Kier alpha value is -2.34. The highest BCUT2D eigenvalue weighted by Crippen LogP contribution is 2.28. The molecular weight excluding hydrogens is 303 g/mol. The maximum atomic E-state index is 12.9. The van der Waals surface area contributed by atoms with Gasteiger partial charge in [0.15, 0.2) is 0 Å². The third-order valence-corrected chi connectivity index (χ3v) is 4.11. The summed E-state index contributed by atoms with van der Waals surface area (Å²) in [6, 6.07) is 8.78. The first-order chi connectivity index (χ1) is 10.7. The molecule has 0 aliphatic heterocycles. The van der Waals surface area contributed by atoms with Gasteiger partial charge in [0.25, 0.3) is 0 Å². The average Bonchev–Trinajstić information content (AvgIpc) is 2.89. The number of ether oxygens (including phenoxy) is 1. The molecule has 1 aromatic carbocycles. The molecule has 112 valence electrons. The number of rotatable bonds is 4. The molecule has 0 atom stereocenters. The van der Waals surface area contributed by atoms with E-state index in [4.69, 9.17) is 4.74 Å². The highest BCUT2D eigenvalue weighted by molar-refractivity contribution is 7.18. The van der Waals surface area contributed by atoms with Crippen LogP contribution in [0, 0.1) is 5.95 Å². The van der Waals surface area contributed by atoms with Crippen LogP contribution in [-0.4, -0.2) is 22.5 Å². The van der Waals surface area contributed by atoms with Gasteiger partial charge >= 0.3 is 5.97 Å². The first kappa shape index (κ1) is 14.6. The molecule has 0 bridgehead atoms. The van der Waals surface area contributed by atoms with E-state index in [1.54, 1.807) is 13.0 Å². The van der Waals surface area contributed by atoms with E-state index in [0.717, 1.165) is 26.4 Å². The highest BCUT2D eigenvalue weighted by atomic mass is 32.1. The molecule has 2 aromatic heterocycles. The summed E-state index contributed by atoms with van der Waals surface area (Å²) in [6.07, 6.45) is 1.68. The van der Waals surface area contributed by atoms with E-state index in [1.165, 1.54) is 23.6 Å². The molecule has 0 aliphatic carbocycles. The predicted octanol–water partition coefficient (Wildman–Crippen LogP) is 3.60. The number of esters is 1. The Morgan fingerprint density at radius 2 is 2.09 bits per heavy atom. The van der Waals surface area contributed by atoms with E-state index in [1.807, 2.05) is 18.2 Å². The fraction of sp³-hybridized carbons (Fsp3) is 0.188. The van der Waals surface area contributed by atoms with E-state index in [0.29, 0.717) is 6.61 Å². The van der Waals surface area contributed by atoms with Gasteiger partial charge in [-0.25, -0.2) is 9.97 Å². The summed E-state index contributed by atoms with van der Waals surface area (Å²) in [5, 5.41) is 0.725. The maximum absolute atomic E-state index is 12.9. The van der Waals surface area contributed by atoms with Gasteiger partial charge in [-0.1, -0.05) is 6.07 Å². The molecule has 6 heteroatoms. The number of nitrogens with zero attached hydrogens (tertiary/aromatic N) is 2. The zero-order chi connectivity index (χ0) is 15.5. The molecule has 2 heterocycles. The van der Waals surface area contributed by atoms with Gasteiger partial charge in [-0.3, -0.25) is 4.79 Å². The van der Waals surface area contributed by atoms with Crippen molar-refractivity contribution in [1.82, 2.24) is 9.97 Å². The van der Waals surface area contributed by atoms with Crippen LogP contribution in [0.2, 0.25) is 0 Å². The Morgan fingerprint density at radius 3 is 2.82 bits per heavy atom. The van der Waals surface area contributed by atoms with Gasteiger partial charge in [-0.2, -0.15) is 4.39 Å². The lowest BCUT2D eigenvalue weighted by Crippen LogP contribution is -2.06. The molecule has 0 saturated heterocycles. The maximum Gasteiger partial charge on any atom is 0.312 e. The topological polar surface area (TPSA) is 52.1 Å². The Morgan fingerprint density at radius 1 is 1.27 bits per heavy atom. The number of aromatic nitrogens is 2. The Kier molecular flexibility index (Phi) is 4.11. The minimum absolute atomic E-state index is 0.181. The van der Waals surface area contributed by atoms with Crippen molar-refractivity contribution >= 4 is 27.5 Å². The van der Waals surface area contributed by atoms with Crippen molar-refractivity contribution in [3.05, 3.63) is 47.5 Å². The fourth-order valence-electron chi connectivity index (χ4n) is 2.11. The molecular formula is C16H13FN2O2S. The molecule has 0 amide bonds. The monoisotopic (exact) mass is 316 g/mol. The first-order valence-corrected chi connectivity index (χ1v) is 7.64. The first-order valence-electron chi connectivity index (χ1n) is 6.82. The largest absolute Gasteiger partial charge is 0.466 e. The summed E-state index contributed by atoms with van der Waals surface area (Å²) in [7, 11) is 0. The number of benzene rings is 1. The number of thiazole rings is 1. The van der Waals surface area contributed by atoms with Gasteiger partial charge in [0.1, 0.15) is 5.01 Å². The lowest BCUT2D eigenvalue weighted by molar-refractivity contribution is -0.142. The van der Waals surface area contributed by atoms with Crippen LogP contribution in [-0.2, 0) is 16.0 Å². The number of hydrogen-bond acceptors (Lipinski definition) is 5. The molecule has 0 radical (unpaired) electrons. The van der Waals surface area contributed by atoms with E-state index in [-0.39, 0.29) is 12.4 Å². The van der Waals surface area contributed by atoms with Crippen molar-refractivity contribution in [2.24, 2.45) is 0 Å². The van der Waals surface area contributed by atoms with Gasteiger partial charge in [0.05, 0.1) is 23.2 Å². The van der Waals surface area contributed by atoms with Crippen molar-refractivity contribution in [1.29, 1.82) is 0 Å². The molecule has 22 heavy (non-hydrogen) atoms. The van der Waals surface area contributed by atoms with Crippen molar-refractivity contribution in [3.8, 4) is 11.1 Å². The molecule has 0 spiro atoms. The van der Waals surface area contributed by atoms with Gasteiger partial charge in [-0.05, 0) is 36.8 Å². The average molecular weight is 316 g/mol. The van der Waals surface area contributed by atoms with E-state index in [9.17, 15) is 9.18 Å². The SMILES string of the molecule is CCOC(=O)Cc1nc2ccc(-c3ccc(F)nc3)cc2s1. The molecule has 0 saturated carbocycles. The van der Waals surface area contributed by atoms with Crippen LogP contribution in [0.4, 0.5) is 4.39 Å². The van der Waals surface area contributed by atoms with Crippen LogP contribution in [0.5, 0.6) is 0 Å². The van der Waals surface area contributed by atoms with Gasteiger partial charge in [0, 0.05) is 11.8 Å². The van der Waals surface area contributed by atoms with Crippen LogP contribution in [0.25, 0.3) is 21.3 Å². The van der Waals surface area contributed by atoms with Crippen LogP contribution in [0.15, 0.2) is 36.5 Å². The molecule has 4 nitrogen and oxygen atoms in total. The Balaban J connectivity index is 1.90. The molecule has 0 N–H and O–H groups in total. The second-order valence-corrected chi connectivity index (χ2v) is 5.76. The molecule has 3 rings (SSSR count). The molecule has 0 aliphatic rings. The van der Waals surface area contributed by atoms with Crippen LogP contribution in [0.1, 0.15) is 11.9 Å². The smallest absolute Gasteiger partial charge is 0.312 e. The second kappa shape index (κ2) is 6.19. The van der Waals surface area contributed by atoms with E-state index >= 15 is 0 Å². The van der Waals surface area contributed by atoms with Crippen LogP contribution >= 0.6 is 11.3 Å². The summed E-state index contributed by atoms with van der Waals surface area (Å²) < 4.78 is 18.8. The summed E-state index contributed by atoms with van der Waals surface area (Å²) in [6.45, 7) is 2.14. The number of pyridine rings is 1. The third-order valence-electron chi connectivity index (χ3n) is 3.09. The number of fused-ring (bicyclic) bond motifs is 1.